The van der Waals surface area contributed by atoms with Crippen molar-refractivity contribution in [2.75, 3.05) is 12.4 Å². The van der Waals surface area contributed by atoms with Gasteiger partial charge >= 0.3 is 6.18 Å². The van der Waals surface area contributed by atoms with Gasteiger partial charge < -0.3 is 9.94 Å². The molecule has 174 valence electrons. The number of aryl methyl sites for hydroxylation is 1. The molecule has 7 nitrogen and oxygen atoms in total. The lowest BCUT2D eigenvalue weighted by atomic mass is 9.94. The van der Waals surface area contributed by atoms with Crippen molar-refractivity contribution in [1.82, 2.24) is 9.71 Å². The number of fused-ring (bicyclic) bond motifs is 1. The fourth-order valence-electron chi connectivity index (χ4n) is 3.82. The summed E-state index contributed by atoms with van der Waals surface area (Å²) in [6, 6.07) is 3.33. The molecule has 2 aliphatic carbocycles. The molecule has 0 unspecified atom stereocenters. The van der Waals surface area contributed by atoms with Gasteiger partial charge in [0.2, 0.25) is 10.0 Å². The van der Waals surface area contributed by atoms with Gasteiger partial charge in [-0.25, -0.2) is 18.1 Å². The number of hydrogen-bond donors (Lipinski definition) is 2. The van der Waals surface area contributed by atoms with Crippen LogP contribution in [0.4, 0.5) is 13.2 Å². The Morgan fingerprint density at radius 1 is 1.31 bits per heavy atom. The van der Waals surface area contributed by atoms with E-state index in [2.05, 4.69) is 9.71 Å². The molecule has 2 aromatic rings. The third-order valence-electron chi connectivity index (χ3n) is 6.07. The lowest BCUT2D eigenvalue weighted by molar-refractivity contribution is -0.586. The fourth-order valence-corrected chi connectivity index (χ4v) is 4.52. The Morgan fingerprint density at radius 2 is 2.03 bits per heavy atom. The summed E-state index contributed by atoms with van der Waals surface area (Å²) in [5.74, 6) is 0.245. The van der Waals surface area contributed by atoms with Crippen molar-refractivity contribution in [3.8, 4) is 0 Å². The Kier molecular flexibility index (Phi) is 5.43. The van der Waals surface area contributed by atoms with Gasteiger partial charge in [-0.15, -0.1) is 0 Å². The maximum atomic E-state index is 13.4. The van der Waals surface area contributed by atoms with Crippen LogP contribution >= 0.6 is 0 Å². The largest absolute Gasteiger partial charge is 0.710 e. The highest BCUT2D eigenvalue weighted by atomic mass is 32.2. The summed E-state index contributed by atoms with van der Waals surface area (Å²) in [6.07, 6.45) is -0.585. The van der Waals surface area contributed by atoms with E-state index in [0.717, 1.165) is 4.73 Å². The second kappa shape index (κ2) is 7.72. The molecule has 2 aliphatic rings. The molecule has 0 saturated heterocycles. The number of rotatable bonds is 7. The molecule has 0 radical (unpaired) electrons. The number of nitrogens with one attached hydrogen (secondary N) is 2. The van der Waals surface area contributed by atoms with Crippen molar-refractivity contribution in [2.24, 2.45) is 5.41 Å². The number of halogens is 3. The zero-order chi connectivity index (χ0) is 23.3. The molecule has 11 heteroatoms. The summed E-state index contributed by atoms with van der Waals surface area (Å²) < 4.78 is 73.3. The van der Waals surface area contributed by atoms with E-state index < -0.39 is 28.2 Å². The van der Waals surface area contributed by atoms with E-state index in [4.69, 9.17) is 4.74 Å². The van der Waals surface area contributed by atoms with Crippen LogP contribution < -0.4 is 9.45 Å². The highest BCUT2D eigenvalue weighted by Gasteiger charge is 2.64. The monoisotopic (exact) mass is 471 g/mol. The van der Waals surface area contributed by atoms with Gasteiger partial charge in [0.15, 0.2) is 0 Å². The van der Waals surface area contributed by atoms with Gasteiger partial charge in [-0.3, -0.25) is 4.72 Å². The SMILES string of the molecule is CCS(=O)(=O)NC1=CC(c2cc(C)[n+]([O-])c3[nH]ccc23)=C(OCC2(C(F)(F)F)CC2)CC1. The fraction of sp³-hybridized carbons (Fsp3) is 0.476. The van der Waals surface area contributed by atoms with Gasteiger partial charge in [0.05, 0.1) is 22.8 Å². The van der Waals surface area contributed by atoms with Crippen molar-refractivity contribution in [1.29, 1.82) is 0 Å². The van der Waals surface area contributed by atoms with Crippen LogP contribution in [0.3, 0.4) is 0 Å². The third kappa shape index (κ3) is 4.05. The van der Waals surface area contributed by atoms with E-state index in [-0.39, 0.29) is 31.4 Å². The average molecular weight is 472 g/mol. The summed E-state index contributed by atoms with van der Waals surface area (Å²) in [6.45, 7) is 2.65. The van der Waals surface area contributed by atoms with Gasteiger partial charge in [-0.05, 0) is 51.3 Å². The number of sulfonamides is 1. The Hall–Kier alpha value is -2.69. The molecule has 0 bridgehead atoms. The molecule has 0 aliphatic heterocycles. The molecule has 0 aromatic carbocycles. The lowest BCUT2D eigenvalue weighted by Crippen LogP contribution is -2.32. The van der Waals surface area contributed by atoms with Crippen LogP contribution in [0.5, 0.6) is 0 Å². The van der Waals surface area contributed by atoms with E-state index in [1.165, 1.54) is 6.92 Å². The Balaban J connectivity index is 1.79. The van der Waals surface area contributed by atoms with Gasteiger partial charge in [0, 0.05) is 23.3 Å². The Bertz CT molecular complexity index is 1220. The zero-order valence-electron chi connectivity index (χ0n) is 17.7. The first-order chi connectivity index (χ1) is 15.0. The van der Waals surface area contributed by atoms with Crippen molar-refractivity contribution in [3.63, 3.8) is 0 Å². The van der Waals surface area contributed by atoms with Crippen LogP contribution in [0.2, 0.25) is 0 Å². The maximum absolute atomic E-state index is 13.4. The number of hydrogen-bond acceptors (Lipinski definition) is 4. The van der Waals surface area contributed by atoms with Crippen LogP contribution in [0.15, 0.2) is 35.9 Å². The summed E-state index contributed by atoms with van der Waals surface area (Å²) in [5, 5.41) is 12.9. The second-order valence-electron chi connectivity index (χ2n) is 8.31. The highest BCUT2D eigenvalue weighted by Crippen LogP contribution is 2.58. The topological polar surface area (TPSA) is 98.1 Å². The first-order valence-electron chi connectivity index (χ1n) is 10.3. The predicted octanol–water partition coefficient (Wildman–Crippen LogP) is 3.80. The number of H-pyrrole nitrogens is 1. The summed E-state index contributed by atoms with van der Waals surface area (Å²) >= 11 is 0. The van der Waals surface area contributed by atoms with E-state index in [1.54, 1.807) is 31.3 Å². The van der Waals surface area contributed by atoms with Crippen LogP contribution in [0.1, 0.15) is 43.9 Å². The molecular weight excluding hydrogens is 447 g/mol. The molecule has 2 N–H and O–H groups in total. The first-order valence-corrected chi connectivity index (χ1v) is 12.0. The second-order valence-corrected chi connectivity index (χ2v) is 10.3. The molecule has 2 heterocycles. The van der Waals surface area contributed by atoms with Crippen molar-refractivity contribution in [3.05, 3.63) is 52.3 Å². The number of aromatic amines is 1. The third-order valence-corrected chi connectivity index (χ3v) is 7.40. The molecule has 32 heavy (non-hydrogen) atoms. The van der Waals surface area contributed by atoms with Crippen molar-refractivity contribution < 1.29 is 31.1 Å². The van der Waals surface area contributed by atoms with E-state index in [0.29, 0.717) is 39.3 Å². The van der Waals surface area contributed by atoms with Crippen LogP contribution in [-0.2, 0) is 14.8 Å². The van der Waals surface area contributed by atoms with Crippen molar-refractivity contribution in [2.45, 2.75) is 45.7 Å². The highest BCUT2D eigenvalue weighted by molar-refractivity contribution is 7.89. The van der Waals surface area contributed by atoms with E-state index >= 15 is 0 Å². The van der Waals surface area contributed by atoms with Crippen LogP contribution in [-0.4, -0.2) is 31.9 Å². The minimum Gasteiger partial charge on any atom is -0.710 e. The Morgan fingerprint density at radius 3 is 2.66 bits per heavy atom. The van der Waals surface area contributed by atoms with Gasteiger partial charge in [0.25, 0.3) is 5.65 Å². The molecule has 2 aromatic heterocycles. The predicted molar refractivity (Wildman–Crippen MR) is 113 cm³/mol. The van der Waals surface area contributed by atoms with E-state index in [1.807, 2.05) is 0 Å². The van der Waals surface area contributed by atoms with Gasteiger partial charge in [0.1, 0.15) is 18.1 Å². The molecule has 4 rings (SSSR count). The number of aromatic nitrogens is 2. The molecule has 1 fully saturated rings. The van der Waals surface area contributed by atoms with Gasteiger partial charge in [-0.1, -0.05) is 0 Å². The molecule has 0 atom stereocenters. The molecule has 0 spiro atoms. The van der Waals surface area contributed by atoms with E-state index in [9.17, 15) is 26.8 Å². The number of nitrogens with zero attached hydrogens (tertiary/aromatic N) is 1. The van der Waals surface area contributed by atoms with Crippen molar-refractivity contribution >= 4 is 26.6 Å². The standard InChI is InChI=1S/C21H24F3N3O4S/c1-3-32(29,30)26-14-4-5-18(31-12-20(7-8-20)21(22,23)24)17(11-14)16-10-13(2)27(28)19-15(16)6-9-25-19/h6,9-11,25-26H,3-5,7-8,12H2,1-2H3. The average Bonchev–Trinajstić information content (AvgIpc) is 3.38. The summed E-state index contributed by atoms with van der Waals surface area (Å²) in [4.78, 5) is 2.87. The summed E-state index contributed by atoms with van der Waals surface area (Å²) in [5.41, 5.74) is 0.335. The summed E-state index contributed by atoms with van der Waals surface area (Å²) in [7, 11) is -3.52. The normalized spacial score (nSPS) is 18.6. The maximum Gasteiger partial charge on any atom is 0.397 e. The minimum atomic E-state index is -4.34. The zero-order valence-corrected chi connectivity index (χ0v) is 18.5. The number of pyridine rings is 1. The Labute approximate surface area is 183 Å². The number of allylic oxidation sites excluding steroid dienone is 4. The molecular formula is C21H24F3N3O4S. The minimum absolute atomic E-state index is 0.0270. The molecule has 0 amide bonds. The van der Waals surface area contributed by atoms with Gasteiger partial charge in [-0.2, -0.15) is 13.2 Å². The number of alkyl halides is 3. The van der Waals surface area contributed by atoms with Crippen LogP contribution in [0.25, 0.3) is 16.6 Å². The number of ether oxygens (including phenoxy) is 1. The quantitative estimate of drug-likeness (QED) is 0.474. The first kappa shape index (κ1) is 22.5. The van der Waals surface area contributed by atoms with Crippen LogP contribution in [0, 0.1) is 17.5 Å². The molecule has 1 saturated carbocycles. The smallest absolute Gasteiger partial charge is 0.397 e. The lowest BCUT2D eigenvalue weighted by Gasteiger charge is -2.25.